The van der Waals surface area contributed by atoms with Crippen LogP contribution in [0.4, 0.5) is 0 Å². The molecule has 1 aromatic carbocycles. The van der Waals surface area contributed by atoms with Gasteiger partial charge in [0.05, 0.1) is 14.3 Å². The first-order chi connectivity index (χ1) is 9.99. The van der Waals surface area contributed by atoms with E-state index in [1.165, 1.54) is 24.6 Å². The van der Waals surface area contributed by atoms with Crippen LogP contribution < -0.4 is 5.30 Å². The largest absolute Gasteiger partial charge is 0.351 e. The Morgan fingerprint density at radius 1 is 1.05 bits per heavy atom. The molecule has 1 saturated carbocycles. The van der Waals surface area contributed by atoms with Crippen LogP contribution in [0.15, 0.2) is 30.3 Å². The highest BCUT2D eigenvalue weighted by Gasteiger charge is 2.34. The second kappa shape index (κ2) is 7.75. The molecule has 4 atom stereocenters. The van der Waals surface area contributed by atoms with Crippen molar-refractivity contribution in [1.82, 2.24) is 0 Å². The van der Waals surface area contributed by atoms with E-state index < -0.39 is 8.15 Å². The van der Waals surface area contributed by atoms with E-state index in [1.807, 2.05) is 0 Å². The third kappa shape index (κ3) is 4.54. The Balaban J connectivity index is 2.14. The van der Waals surface area contributed by atoms with Gasteiger partial charge in [0.25, 0.3) is 0 Å². The molecule has 21 heavy (non-hydrogen) atoms. The van der Waals surface area contributed by atoms with Crippen molar-refractivity contribution in [2.75, 3.05) is 0 Å². The molecule has 1 fully saturated rings. The van der Waals surface area contributed by atoms with E-state index >= 15 is 0 Å². The van der Waals surface area contributed by atoms with Gasteiger partial charge in [0.1, 0.15) is 0 Å². The van der Waals surface area contributed by atoms with Gasteiger partial charge in [-0.15, -0.1) is 0 Å². The van der Waals surface area contributed by atoms with Gasteiger partial charge in [0, 0.05) is 11.0 Å². The van der Waals surface area contributed by atoms with Crippen molar-refractivity contribution in [1.29, 1.82) is 0 Å². The van der Waals surface area contributed by atoms with Gasteiger partial charge < -0.3 is 4.52 Å². The van der Waals surface area contributed by atoms with Crippen LogP contribution in [0.2, 0.25) is 0 Å². The lowest BCUT2D eigenvalue weighted by Gasteiger charge is -2.39. The monoisotopic (exact) mass is 306 g/mol. The Morgan fingerprint density at radius 2 is 1.71 bits per heavy atom. The Labute approximate surface area is 132 Å². The molecule has 1 aliphatic carbocycles. The topological polar surface area (TPSA) is 9.23 Å². The molecule has 0 aliphatic heterocycles. The van der Waals surface area contributed by atoms with E-state index in [0.29, 0.717) is 11.8 Å². The Bertz CT molecular complexity index is 415. The first-order valence-electron chi connectivity index (χ1n) is 8.50. The van der Waals surface area contributed by atoms with E-state index in [2.05, 4.69) is 65.0 Å². The van der Waals surface area contributed by atoms with Crippen LogP contribution >= 0.6 is 8.15 Å². The van der Waals surface area contributed by atoms with E-state index in [4.69, 9.17) is 4.52 Å². The van der Waals surface area contributed by atoms with Crippen molar-refractivity contribution in [3.05, 3.63) is 30.3 Å². The van der Waals surface area contributed by atoms with Gasteiger partial charge in [-0.05, 0) is 30.6 Å². The maximum Gasteiger partial charge on any atom is 0.0655 e. The lowest BCUT2D eigenvalue weighted by atomic mass is 9.75. The number of benzene rings is 1. The maximum absolute atomic E-state index is 6.75. The second-order valence-corrected chi connectivity index (χ2v) is 9.64. The average Bonchev–Trinajstić information content (AvgIpc) is 2.45. The van der Waals surface area contributed by atoms with E-state index in [-0.39, 0.29) is 0 Å². The fourth-order valence-corrected chi connectivity index (χ4v) is 5.40. The molecule has 1 aliphatic rings. The SMILES string of the molecule is CC(C)[C@@H]1CC[C@@H](C)C[C@H]1OP(c1ccccc1)C(C)C. The van der Waals surface area contributed by atoms with Crippen molar-refractivity contribution in [3.63, 3.8) is 0 Å². The molecule has 0 heterocycles. The van der Waals surface area contributed by atoms with Crippen molar-refractivity contribution < 1.29 is 4.52 Å². The van der Waals surface area contributed by atoms with Crippen LogP contribution in [-0.4, -0.2) is 11.8 Å². The zero-order chi connectivity index (χ0) is 15.4. The fourth-order valence-electron chi connectivity index (χ4n) is 3.44. The van der Waals surface area contributed by atoms with Gasteiger partial charge in [-0.1, -0.05) is 71.4 Å². The minimum absolute atomic E-state index is 0.447. The summed E-state index contributed by atoms with van der Waals surface area (Å²) in [5.74, 6) is 2.26. The number of hydrogen-bond donors (Lipinski definition) is 0. The highest BCUT2D eigenvalue weighted by molar-refractivity contribution is 7.61. The van der Waals surface area contributed by atoms with Gasteiger partial charge in [-0.25, -0.2) is 0 Å². The minimum atomic E-state index is -0.508. The van der Waals surface area contributed by atoms with Crippen LogP contribution in [0.3, 0.4) is 0 Å². The van der Waals surface area contributed by atoms with E-state index in [1.54, 1.807) is 0 Å². The first kappa shape index (κ1) is 17.0. The van der Waals surface area contributed by atoms with Gasteiger partial charge >= 0.3 is 0 Å². The normalized spacial score (nSPS) is 28.0. The van der Waals surface area contributed by atoms with Crippen molar-refractivity contribution in [2.45, 2.75) is 65.6 Å². The average molecular weight is 306 g/mol. The predicted molar refractivity (Wildman–Crippen MR) is 94.3 cm³/mol. The molecule has 0 aromatic heterocycles. The van der Waals surface area contributed by atoms with Crippen molar-refractivity contribution >= 4 is 13.5 Å². The number of rotatable bonds is 5. The summed E-state index contributed by atoms with van der Waals surface area (Å²) in [5.41, 5.74) is 0.576. The predicted octanol–water partition coefficient (Wildman–Crippen LogP) is 5.59. The molecule has 0 radical (unpaired) electrons. The summed E-state index contributed by atoms with van der Waals surface area (Å²) in [4.78, 5) is 0. The van der Waals surface area contributed by atoms with Crippen LogP contribution in [0.25, 0.3) is 0 Å². The third-order valence-corrected chi connectivity index (χ3v) is 6.93. The van der Waals surface area contributed by atoms with Crippen molar-refractivity contribution in [2.24, 2.45) is 17.8 Å². The molecule has 1 unspecified atom stereocenters. The van der Waals surface area contributed by atoms with Gasteiger partial charge in [-0.3, -0.25) is 0 Å². The minimum Gasteiger partial charge on any atom is -0.351 e. The van der Waals surface area contributed by atoms with E-state index in [9.17, 15) is 0 Å². The Hall–Kier alpha value is -0.390. The molecular weight excluding hydrogens is 275 g/mol. The van der Waals surface area contributed by atoms with Crippen LogP contribution in [0.1, 0.15) is 53.9 Å². The zero-order valence-corrected chi connectivity index (χ0v) is 15.1. The van der Waals surface area contributed by atoms with E-state index in [0.717, 1.165) is 17.8 Å². The van der Waals surface area contributed by atoms with Gasteiger partial charge in [0.15, 0.2) is 0 Å². The Kier molecular flexibility index (Phi) is 6.26. The summed E-state index contributed by atoms with van der Waals surface area (Å²) in [7, 11) is -0.508. The van der Waals surface area contributed by atoms with Gasteiger partial charge in [0.2, 0.25) is 0 Å². The summed E-state index contributed by atoms with van der Waals surface area (Å²) < 4.78 is 6.75. The van der Waals surface area contributed by atoms with Crippen LogP contribution in [-0.2, 0) is 4.52 Å². The molecule has 1 aromatic rings. The fraction of sp³-hybridized carbons (Fsp3) is 0.684. The second-order valence-electron chi connectivity index (χ2n) is 7.23. The standard InChI is InChI=1S/C19H31OP/c1-14(2)18-12-11-16(5)13-19(18)20-21(15(3)4)17-9-7-6-8-10-17/h6-10,14-16,18-19H,11-13H2,1-5H3/t16-,18+,19-,21?/m1/s1. The van der Waals surface area contributed by atoms with Crippen molar-refractivity contribution in [3.8, 4) is 0 Å². The first-order valence-corrected chi connectivity index (χ1v) is 9.83. The summed E-state index contributed by atoms with van der Waals surface area (Å²) in [6.07, 6.45) is 4.39. The smallest absolute Gasteiger partial charge is 0.0655 e. The maximum atomic E-state index is 6.75. The van der Waals surface area contributed by atoms with Crippen LogP contribution in [0.5, 0.6) is 0 Å². The molecule has 1 nitrogen and oxygen atoms in total. The van der Waals surface area contributed by atoms with Gasteiger partial charge in [-0.2, -0.15) is 0 Å². The summed E-state index contributed by atoms with van der Waals surface area (Å²) in [5, 5.41) is 1.39. The molecule has 0 bridgehead atoms. The number of hydrogen-bond acceptors (Lipinski definition) is 1. The summed E-state index contributed by atoms with van der Waals surface area (Å²) in [6.45, 7) is 11.7. The zero-order valence-electron chi connectivity index (χ0n) is 14.3. The molecule has 118 valence electrons. The molecule has 0 amide bonds. The highest BCUT2D eigenvalue weighted by Crippen LogP contribution is 2.47. The summed E-state index contributed by atoms with van der Waals surface area (Å²) in [6, 6.07) is 10.8. The molecule has 0 spiro atoms. The molecule has 0 saturated heterocycles. The molecule has 2 rings (SSSR count). The quantitative estimate of drug-likeness (QED) is 0.644. The molecule has 0 N–H and O–H groups in total. The third-order valence-electron chi connectivity index (χ3n) is 4.69. The van der Waals surface area contributed by atoms with Crippen LogP contribution in [0, 0.1) is 17.8 Å². The summed E-state index contributed by atoms with van der Waals surface area (Å²) >= 11 is 0. The lowest BCUT2D eigenvalue weighted by Crippen LogP contribution is -2.34. The lowest BCUT2D eigenvalue weighted by molar-refractivity contribution is 0.0557. The highest BCUT2D eigenvalue weighted by atomic mass is 31.1. The Morgan fingerprint density at radius 3 is 2.29 bits per heavy atom. The molecular formula is C19H31OP. The molecule has 2 heteroatoms.